The summed E-state index contributed by atoms with van der Waals surface area (Å²) in [5.41, 5.74) is 6.57. The molecule has 3 aromatic rings. The van der Waals surface area contributed by atoms with E-state index in [0.29, 0.717) is 17.2 Å². The molecule has 0 fully saturated rings. The third kappa shape index (κ3) is 3.94. The number of carbonyl (C=O) groups is 2. The SMILES string of the molecule is Cc1ccc(CCC(=O)NNC(=O)c2n[nH]c(=O)c3ccccc23)cc1. The standard InChI is InChI=1S/C19H18N4O3/c1-12-6-8-13(9-7-12)10-11-16(24)20-23-19(26)17-14-4-2-3-5-15(14)18(25)22-21-17/h2-9H,10-11H2,1H3,(H,20,24)(H,22,25)(H,23,26). The molecule has 0 bridgehead atoms. The van der Waals surface area contributed by atoms with Crippen LogP contribution in [0.15, 0.2) is 53.3 Å². The zero-order valence-corrected chi connectivity index (χ0v) is 14.2. The Bertz CT molecular complexity index is 1010. The topological polar surface area (TPSA) is 104 Å². The number of hydrogen-bond acceptors (Lipinski definition) is 4. The molecule has 0 aliphatic heterocycles. The lowest BCUT2D eigenvalue weighted by Crippen LogP contribution is -2.42. The number of nitrogens with one attached hydrogen (secondary N) is 3. The molecular weight excluding hydrogens is 332 g/mol. The molecular formula is C19H18N4O3. The molecule has 0 unspecified atom stereocenters. The first-order valence-electron chi connectivity index (χ1n) is 8.17. The molecule has 0 atom stereocenters. The number of amides is 2. The molecule has 1 aromatic heterocycles. The minimum atomic E-state index is -0.596. The van der Waals surface area contributed by atoms with Crippen molar-refractivity contribution < 1.29 is 9.59 Å². The van der Waals surface area contributed by atoms with Crippen molar-refractivity contribution in [3.63, 3.8) is 0 Å². The van der Waals surface area contributed by atoms with Crippen LogP contribution >= 0.6 is 0 Å². The van der Waals surface area contributed by atoms with E-state index >= 15 is 0 Å². The fourth-order valence-electron chi connectivity index (χ4n) is 2.55. The van der Waals surface area contributed by atoms with Crippen molar-refractivity contribution in [2.75, 3.05) is 0 Å². The molecule has 0 aliphatic rings. The Balaban J connectivity index is 1.60. The van der Waals surface area contributed by atoms with Gasteiger partial charge in [-0.2, -0.15) is 5.10 Å². The van der Waals surface area contributed by atoms with E-state index in [-0.39, 0.29) is 23.6 Å². The average molecular weight is 350 g/mol. The van der Waals surface area contributed by atoms with Crippen molar-refractivity contribution in [1.82, 2.24) is 21.0 Å². The van der Waals surface area contributed by atoms with Crippen LogP contribution in [0.4, 0.5) is 0 Å². The van der Waals surface area contributed by atoms with Gasteiger partial charge in [-0.15, -0.1) is 0 Å². The first-order chi connectivity index (χ1) is 12.5. The van der Waals surface area contributed by atoms with Crippen molar-refractivity contribution in [1.29, 1.82) is 0 Å². The van der Waals surface area contributed by atoms with Gasteiger partial charge in [0.15, 0.2) is 5.69 Å². The van der Waals surface area contributed by atoms with Crippen LogP contribution in [0.25, 0.3) is 10.8 Å². The zero-order chi connectivity index (χ0) is 18.5. The summed E-state index contributed by atoms with van der Waals surface area (Å²) in [6.07, 6.45) is 0.810. The third-order valence-corrected chi connectivity index (χ3v) is 3.99. The first kappa shape index (κ1) is 17.3. The number of H-pyrrole nitrogens is 1. The lowest BCUT2D eigenvalue weighted by molar-refractivity contribution is -0.121. The van der Waals surface area contributed by atoms with Gasteiger partial charge in [0, 0.05) is 11.8 Å². The smallest absolute Gasteiger partial charge is 0.273 e. The van der Waals surface area contributed by atoms with Crippen LogP contribution in [0, 0.1) is 6.92 Å². The summed E-state index contributed by atoms with van der Waals surface area (Å²) in [6, 6.07) is 14.6. The minimum Gasteiger partial charge on any atom is -0.273 e. The van der Waals surface area contributed by atoms with E-state index in [1.807, 2.05) is 31.2 Å². The normalized spacial score (nSPS) is 10.5. The van der Waals surface area contributed by atoms with Gasteiger partial charge in [-0.1, -0.05) is 48.0 Å². The van der Waals surface area contributed by atoms with Gasteiger partial charge in [0.05, 0.1) is 5.39 Å². The van der Waals surface area contributed by atoms with Crippen LogP contribution in [0.2, 0.25) is 0 Å². The Morgan fingerprint density at radius 1 is 1.00 bits per heavy atom. The molecule has 2 aromatic carbocycles. The molecule has 0 saturated carbocycles. The maximum absolute atomic E-state index is 12.3. The fourth-order valence-corrected chi connectivity index (χ4v) is 2.55. The van der Waals surface area contributed by atoms with Crippen molar-refractivity contribution in [2.45, 2.75) is 19.8 Å². The maximum atomic E-state index is 12.3. The number of hydrazine groups is 1. The highest BCUT2D eigenvalue weighted by Gasteiger charge is 2.14. The fraction of sp³-hybridized carbons (Fsp3) is 0.158. The number of carbonyl (C=O) groups excluding carboxylic acids is 2. The highest BCUT2D eigenvalue weighted by molar-refractivity contribution is 6.05. The van der Waals surface area contributed by atoms with Crippen molar-refractivity contribution in [3.05, 3.63) is 75.7 Å². The highest BCUT2D eigenvalue weighted by Crippen LogP contribution is 2.11. The van der Waals surface area contributed by atoms with Gasteiger partial charge in [-0.3, -0.25) is 25.2 Å². The Kier molecular flexibility index (Phi) is 5.07. The molecule has 0 spiro atoms. The summed E-state index contributed by atoms with van der Waals surface area (Å²) in [6.45, 7) is 2.00. The van der Waals surface area contributed by atoms with Gasteiger partial charge in [0.2, 0.25) is 5.91 Å². The number of benzene rings is 2. The molecule has 0 radical (unpaired) electrons. The molecule has 26 heavy (non-hydrogen) atoms. The quantitative estimate of drug-likeness (QED) is 0.622. The molecule has 1 heterocycles. The largest absolute Gasteiger partial charge is 0.290 e. The number of nitrogens with zero attached hydrogens (tertiary/aromatic N) is 1. The predicted molar refractivity (Wildman–Crippen MR) is 97.5 cm³/mol. The Morgan fingerprint density at radius 3 is 2.42 bits per heavy atom. The van der Waals surface area contributed by atoms with E-state index in [1.165, 1.54) is 0 Å². The van der Waals surface area contributed by atoms with Crippen molar-refractivity contribution in [2.24, 2.45) is 0 Å². The number of hydrogen-bond donors (Lipinski definition) is 3. The van der Waals surface area contributed by atoms with E-state index in [4.69, 9.17) is 0 Å². The number of aryl methyl sites for hydroxylation is 2. The number of fused-ring (bicyclic) bond motifs is 1. The molecule has 7 nitrogen and oxygen atoms in total. The summed E-state index contributed by atoms with van der Waals surface area (Å²) in [4.78, 5) is 35.9. The summed E-state index contributed by atoms with van der Waals surface area (Å²) in [5.74, 6) is -0.909. The van der Waals surface area contributed by atoms with E-state index in [0.717, 1.165) is 11.1 Å². The zero-order valence-electron chi connectivity index (χ0n) is 14.2. The van der Waals surface area contributed by atoms with Gasteiger partial charge >= 0.3 is 0 Å². The summed E-state index contributed by atoms with van der Waals surface area (Å²) < 4.78 is 0. The van der Waals surface area contributed by atoms with E-state index < -0.39 is 5.91 Å². The highest BCUT2D eigenvalue weighted by atomic mass is 16.2. The van der Waals surface area contributed by atoms with Gasteiger partial charge < -0.3 is 0 Å². The van der Waals surface area contributed by atoms with Gasteiger partial charge in [0.25, 0.3) is 11.5 Å². The third-order valence-electron chi connectivity index (χ3n) is 3.99. The van der Waals surface area contributed by atoms with Crippen LogP contribution < -0.4 is 16.4 Å². The summed E-state index contributed by atoms with van der Waals surface area (Å²) >= 11 is 0. The number of aromatic amines is 1. The number of aromatic nitrogens is 2. The van der Waals surface area contributed by atoms with E-state index in [2.05, 4.69) is 21.0 Å². The molecule has 0 saturated heterocycles. The molecule has 3 N–H and O–H groups in total. The van der Waals surface area contributed by atoms with Gasteiger partial charge in [-0.05, 0) is 25.0 Å². The van der Waals surface area contributed by atoms with Crippen molar-refractivity contribution >= 4 is 22.6 Å². The van der Waals surface area contributed by atoms with Crippen LogP contribution in [-0.2, 0) is 11.2 Å². The second-order valence-electron chi connectivity index (χ2n) is 5.93. The second-order valence-corrected chi connectivity index (χ2v) is 5.93. The Labute approximate surface area is 149 Å². The molecule has 0 aliphatic carbocycles. The van der Waals surface area contributed by atoms with Crippen LogP contribution in [0.5, 0.6) is 0 Å². The first-order valence-corrected chi connectivity index (χ1v) is 8.17. The van der Waals surface area contributed by atoms with Gasteiger partial charge in [-0.25, -0.2) is 5.10 Å². The molecule has 132 valence electrons. The average Bonchev–Trinajstić information content (AvgIpc) is 2.66. The molecule has 3 rings (SSSR count). The lowest BCUT2D eigenvalue weighted by atomic mass is 10.1. The van der Waals surface area contributed by atoms with Gasteiger partial charge in [0.1, 0.15) is 0 Å². The maximum Gasteiger partial charge on any atom is 0.290 e. The monoisotopic (exact) mass is 350 g/mol. The Hall–Kier alpha value is -3.48. The molecule has 7 heteroatoms. The summed E-state index contributed by atoms with van der Waals surface area (Å²) in [7, 11) is 0. The van der Waals surface area contributed by atoms with Crippen LogP contribution in [0.1, 0.15) is 28.0 Å². The van der Waals surface area contributed by atoms with E-state index in [9.17, 15) is 14.4 Å². The van der Waals surface area contributed by atoms with E-state index in [1.54, 1.807) is 24.3 Å². The summed E-state index contributed by atoms with van der Waals surface area (Å²) in [5, 5.41) is 6.85. The minimum absolute atomic E-state index is 0.0408. The van der Waals surface area contributed by atoms with Crippen LogP contribution in [-0.4, -0.2) is 22.0 Å². The Morgan fingerprint density at radius 2 is 1.69 bits per heavy atom. The molecule has 2 amide bonds. The second kappa shape index (κ2) is 7.60. The number of rotatable bonds is 4. The predicted octanol–water partition coefficient (Wildman–Crippen LogP) is 1.63. The lowest BCUT2D eigenvalue weighted by Gasteiger charge is -2.08. The van der Waals surface area contributed by atoms with Crippen molar-refractivity contribution in [3.8, 4) is 0 Å². The van der Waals surface area contributed by atoms with Crippen LogP contribution in [0.3, 0.4) is 0 Å².